The van der Waals surface area contributed by atoms with Gasteiger partial charge in [0, 0.05) is 12.8 Å². The third kappa shape index (κ3) is 30.3. The van der Waals surface area contributed by atoms with Gasteiger partial charge in [-0.15, -0.1) is 0 Å². The Morgan fingerprint density at radius 1 is 0.538 bits per heavy atom. The van der Waals surface area contributed by atoms with Crippen LogP contribution in [0.25, 0.3) is 0 Å². The summed E-state index contributed by atoms with van der Waals surface area (Å²) in [4.78, 5) is 35.8. The monoisotopic (exact) mass is 943 g/mol. The van der Waals surface area contributed by atoms with Crippen LogP contribution >= 0.6 is 7.82 Å². The molecule has 0 spiro atoms. The van der Waals surface area contributed by atoms with E-state index in [2.05, 4.69) is 68.5 Å². The highest BCUT2D eigenvalue weighted by atomic mass is 31.2. The van der Waals surface area contributed by atoms with E-state index in [-0.39, 0.29) is 32.1 Å². The lowest BCUT2D eigenvalue weighted by atomic mass is 9.85. The molecule has 65 heavy (non-hydrogen) atoms. The minimum Gasteiger partial charge on any atom is -0.462 e. The van der Waals surface area contributed by atoms with Crippen molar-refractivity contribution in [2.75, 3.05) is 13.2 Å². The molecule has 0 aliphatic heterocycles. The molecular weight excluding hydrogens is 859 g/mol. The number of hydrogen-bond donors (Lipinski definition) is 8. The van der Waals surface area contributed by atoms with E-state index in [4.69, 9.17) is 18.5 Å². The summed E-state index contributed by atoms with van der Waals surface area (Å²) in [6.07, 6.45) is 26.7. The van der Waals surface area contributed by atoms with Gasteiger partial charge in [0.1, 0.15) is 43.2 Å². The molecule has 1 fully saturated rings. The standard InChI is InChI=1S/C49H83O15P/c1-3-5-7-9-11-13-15-17-18-19-20-21-23-25-27-29-31-35-42(52)61-37-39(38-62-65(59,60)64-49-47(57)45(55)44(54)46(56)48(49)58)63-43(53)36-32-34-41(51)40(50)33-30-28-26-24-22-16-14-12-10-8-6-4-2/h11-14,17-18,20-22,24,28,30,39-41,44-51,54-58H,3-10,15-16,19,23,25-27,29,31-38H2,1-2H3,(H,59,60)/b13-11-,14-12-,18-17-,21-20-,24-22-,30-28-/t39-,40?,41?,44?,45-,46+,47-,48-,49?/m1/s1. The van der Waals surface area contributed by atoms with Gasteiger partial charge in [-0.25, -0.2) is 4.57 Å². The zero-order valence-corrected chi connectivity index (χ0v) is 39.9. The smallest absolute Gasteiger partial charge is 0.462 e. The van der Waals surface area contributed by atoms with Crippen LogP contribution in [-0.2, 0) is 32.7 Å². The Kier molecular flexibility index (Phi) is 35.4. The molecule has 0 aromatic carbocycles. The van der Waals surface area contributed by atoms with E-state index < -0.39 is 87.9 Å². The molecule has 1 aliphatic rings. The maximum absolute atomic E-state index is 12.8. The molecule has 5 unspecified atom stereocenters. The van der Waals surface area contributed by atoms with Crippen molar-refractivity contribution < 1.29 is 73.3 Å². The summed E-state index contributed by atoms with van der Waals surface area (Å²) in [5.74, 6) is -1.42. The van der Waals surface area contributed by atoms with Crippen molar-refractivity contribution in [3.05, 3.63) is 72.9 Å². The summed E-state index contributed by atoms with van der Waals surface area (Å²) < 4.78 is 33.3. The van der Waals surface area contributed by atoms with Gasteiger partial charge in [0.2, 0.25) is 0 Å². The molecule has 1 rings (SSSR count). The highest BCUT2D eigenvalue weighted by Crippen LogP contribution is 2.47. The molecular formula is C49H83O15P. The normalized spacial score (nSPS) is 23.0. The summed E-state index contributed by atoms with van der Waals surface area (Å²) in [5, 5.41) is 71.0. The fourth-order valence-corrected chi connectivity index (χ4v) is 7.66. The van der Waals surface area contributed by atoms with Crippen LogP contribution in [0.5, 0.6) is 0 Å². The van der Waals surface area contributed by atoms with Crippen molar-refractivity contribution in [2.45, 2.75) is 210 Å². The summed E-state index contributed by atoms with van der Waals surface area (Å²) in [5.41, 5.74) is 0. The topological polar surface area (TPSA) is 250 Å². The molecule has 0 heterocycles. The van der Waals surface area contributed by atoms with E-state index in [1.54, 1.807) is 6.08 Å². The number of rotatable bonds is 38. The van der Waals surface area contributed by atoms with Gasteiger partial charge in [-0.3, -0.25) is 18.6 Å². The molecule has 16 heteroatoms. The second kappa shape index (κ2) is 38.2. The van der Waals surface area contributed by atoms with Gasteiger partial charge in [-0.2, -0.15) is 0 Å². The number of aliphatic hydroxyl groups is 7. The molecule has 0 amide bonds. The Balaban J connectivity index is 2.59. The van der Waals surface area contributed by atoms with Crippen LogP contribution < -0.4 is 0 Å². The van der Waals surface area contributed by atoms with Crippen LogP contribution in [0.1, 0.15) is 155 Å². The van der Waals surface area contributed by atoms with E-state index in [0.29, 0.717) is 12.8 Å². The number of carbonyl (C=O) groups excluding carboxylic acids is 2. The Bertz CT molecular complexity index is 1450. The van der Waals surface area contributed by atoms with Gasteiger partial charge < -0.3 is 50.1 Å². The first-order chi connectivity index (χ1) is 31.2. The minimum atomic E-state index is -5.21. The Hall–Kier alpha value is -2.79. The fourth-order valence-electron chi connectivity index (χ4n) is 6.69. The first-order valence-corrected chi connectivity index (χ1v) is 25.4. The molecule has 1 saturated carbocycles. The van der Waals surface area contributed by atoms with Crippen LogP contribution in [0.2, 0.25) is 0 Å². The summed E-state index contributed by atoms with van der Waals surface area (Å²) in [6, 6.07) is 0. The van der Waals surface area contributed by atoms with Crippen LogP contribution in [0.15, 0.2) is 72.9 Å². The average Bonchev–Trinajstić information content (AvgIpc) is 3.28. The van der Waals surface area contributed by atoms with Crippen molar-refractivity contribution in [3.8, 4) is 0 Å². The average molecular weight is 943 g/mol. The maximum atomic E-state index is 12.8. The molecule has 15 nitrogen and oxygen atoms in total. The molecule has 8 N–H and O–H groups in total. The highest BCUT2D eigenvalue weighted by Gasteiger charge is 2.51. The number of phosphoric ester groups is 1. The molecule has 0 radical (unpaired) electrons. The van der Waals surface area contributed by atoms with Gasteiger partial charge in [-0.1, -0.05) is 125 Å². The first kappa shape index (κ1) is 60.2. The predicted octanol–water partition coefficient (Wildman–Crippen LogP) is 7.44. The van der Waals surface area contributed by atoms with Gasteiger partial charge in [-0.05, 0) is 89.9 Å². The van der Waals surface area contributed by atoms with Crippen LogP contribution in [0.3, 0.4) is 0 Å². The highest BCUT2D eigenvalue weighted by molar-refractivity contribution is 7.47. The maximum Gasteiger partial charge on any atom is 0.472 e. The lowest BCUT2D eigenvalue weighted by molar-refractivity contribution is -0.220. The van der Waals surface area contributed by atoms with Gasteiger partial charge in [0.05, 0.1) is 18.8 Å². The van der Waals surface area contributed by atoms with E-state index >= 15 is 0 Å². The van der Waals surface area contributed by atoms with Crippen molar-refractivity contribution >= 4 is 19.8 Å². The van der Waals surface area contributed by atoms with Crippen molar-refractivity contribution in [2.24, 2.45) is 0 Å². The van der Waals surface area contributed by atoms with Crippen molar-refractivity contribution in [1.29, 1.82) is 0 Å². The number of phosphoric acid groups is 1. The number of carbonyl (C=O) groups is 2. The zero-order chi connectivity index (χ0) is 48.1. The Morgan fingerprint density at radius 2 is 0.985 bits per heavy atom. The first-order valence-electron chi connectivity index (χ1n) is 23.9. The SMILES string of the molecule is CCCCC/C=C\C/C=C\C/C=C\CCCCCCC(=O)OC[C@H](COP(=O)(O)OC1[C@H](O)[C@H](O)C(O)[C@H](O)[C@H]1O)OC(=O)CCCC(O)C(O)C/C=C\C/C=C\C/C=C\CCCCC. The van der Waals surface area contributed by atoms with Crippen LogP contribution in [0, 0.1) is 0 Å². The number of esters is 2. The third-order valence-electron chi connectivity index (χ3n) is 10.7. The van der Waals surface area contributed by atoms with Crippen LogP contribution in [0.4, 0.5) is 0 Å². The Morgan fingerprint density at radius 3 is 1.51 bits per heavy atom. The van der Waals surface area contributed by atoms with Crippen molar-refractivity contribution in [1.82, 2.24) is 0 Å². The largest absolute Gasteiger partial charge is 0.472 e. The summed E-state index contributed by atoms with van der Waals surface area (Å²) in [6.45, 7) is 2.97. The number of aliphatic hydroxyl groups excluding tert-OH is 7. The van der Waals surface area contributed by atoms with E-state index in [9.17, 15) is 54.8 Å². The Labute approximate surface area is 388 Å². The molecule has 1 aliphatic carbocycles. The second-order valence-electron chi connectivity index (χ2n) is 16.6. The fraction of sp³-hybridized carbons (Fsp3) is 0.714. The van der Waals surface area contributed by atoms with E-state index in [1.807, 2.05) is 12.2 Å². The molecule has 10 atom stereocenters. The second-order valence-corrected chi connectivity index (χ2v) is 18.0. The predicted molar refractivity (Wildman–Crippen MR) is 251 cm³/mol. The molecule has 0 saturated heterocycles. The van der Waals surface area contributed by atoms with Crippen LogP contribution in [-0.4, -0.2) is 121 Å². The number of hydrogen-bond acceptors (Lipinski definition) is 14. The molecule has 374 valence electrons. The van der Waals surface area contributed by atoms with Gasteiger partial charge >= 0.3 is 19.8 Å². The van der Waals surface area contributed by atoms with Gasteiger partial charge in [0.15, 0.2) is 6.10 Å². The summed E-state index contributed by atoms with van der Waals surface area (Å²) >= 11 is 0. The molecule has 0 bridgehead atoms. The number of allylic oxidation sites excluding steroid dienone is 11. The van der Waals surface area contributed by atoms with E-state index in [0.717, 1.165) is 57.8 Å². The van der Waals surface area contributed by atoms with Crippen molar-refractivity contribution in [3.63, 3.8) is 0 Å². The lowest BCUT2D eigenvalue weighted by Crippen LogP contribution is -2.64. The molecule has 0 aromatic rings. The summed E-state index contributed by atoms with van der Waals surface area (Å²) in [7, 11) is -5.21. The third-order valence-corrected chi connectivity index (χ3v) is 11.7. The molecule has 0 aromatic heterocycles. The number of unbranched alkanes of at least 4 members (excludes halogenated alkanes) is 10. The quantitative estimate of drug-likeness (QED) is 0.0130. The number of ether oxygens (including phenoxy) is 2. The lowest BCUT2D eigenvalue weighted by Gasteiger charge is -2.41. The zero-order valence-electron chi connectivity index (χ0n) is 39.0. The minimum absolute atomic E-state index is 0.0634. The van der Waals surface area contributed by atoms with E-state index in [1.165, 1.54) is 38.5 Å². The van der Waals surface area contributed by atoms with Gasteiger partial charge in [0.25, 0.3) is 0 Å².